The van der Waals surface area contributed by atoms with Crippen molar-refractivity contribution < 1.29 is 5.11 Å². The monoisotopic (exact) mass is 316 g/mol. The normalized spacial score (nSPS) is 11.8. The zero-order chi connectivity index (χ0) is 13.1. The molecule has 2 aromatic rings. The maximum absolute atomic E-state index is 9.99. The molecule has 1 heterocycles. The number of aliphatic hydroxyl groups excluding tert-OH is 1. The minimum absolute atomic E-state index is 0.306. The van der Waals surface area contributed by atoms with Crippen molar-refractivity contribution in [1.29, 1.82) is 0 Å². The number of thiophene rings is 1. The van der Waals surface area contributed by atoms with Gasteiger partial charge in [0.2, 0.25) is 0 Å². The summed E-state index contributed by atoms with van der Waals surface area (Å²) >= 11 is 19.3. The van der Waals surface area contributed by atoms with Crippen LogP contribution < -0.4 is 0 Å². The molecule has 1 aromatic heterocycles. The van der Waals surface area contributed by atoms with E-state index in [1.807, 2.05) is 17.5 Å². The zero-order valence-electron chi connectivity index (χ0n) is 8.95. The average Bonchev–Trinajstić information content (AvgIpc) is 2.77. The summed E-state index contributed by atoms with van der Waals surface area (Å²) in [6.45, 7) is 0. The summed E-state index contributed by atoms with van der Waals surface area (Å²) in [6.07, 6.45) is -1.04. The number of halogens is 3. The molecule has 0 radical (unpaired) electrons. The molecule has 0 aliphatic carbocycles. The second kappa shape index (κ2) is 5.97. The Morgan fingerprint density at radius 2 is 1.83 bits per heavy atom. The fourth-order valence-electron chi connectivity index (χ4n) is 1.38. The predicted octanol–water partition coefficient (Wildman–Crippen LogP) is 4.79. The SMILES string of the molecule is OC(C#Cc1cccs1)c1c(Cl)cc(Cl)cc1Cl. The zero-order valence-corrected chi connectivity index (χ0v) is 12.0. The third-order valence-corrected chi connectivity index (χ3v) is 3.80. The van der Waals surface area contributed by atoms with Gasteiger partial charge in [0.1, 0.15) is 6.10 Å². The molecule has 1 atom stereocenters. The van der Waals surface area contributed by atoms with Gasteiger partial charge in [-0.2, -0.15) is 0 Å². The number of hydrogen-bond donors (Lipinski definition) is 1. The Kier molecular flexibility index (Phi) is 4.55. The third kappa shape index (κ3) is 3.20. The van der Waals surface area contributed by atoms with Crippen molar-refractivity contribution in [2.75, 3.05) is 0 Å². The van der Waals surface area contributed by atoms with E-state index in [-0.39, 0.29) is 0 Å². The van der Waals surface area contributed by atoms with Crippen LogP contribution in [0.1, 0.15) is 16.5 Å². The lowest BCUT2D eigenvalue weighted by Crippen LogP contribution is -1.96. The molecule has 0 fully saturated rings. The predicted molar refractivity (Wildman–Crippen MR) is 77.6 cm³/mol. The molecule has 18 heavy (non-hydrogen) atoms. The Labute approximate surface area is 124 Å². The van der Waals surface area contributed by atoms with Crippen LogP contribution in [0, 0.1) is 11.8 Å². The molecule has 2 rings (SSSR count). The highest BCUT2D eigenvalue weighted by Gasteiger charge is 2.14. The maximum atomic E-state index is 9.99. The van der Waals surface area contributed by atoms with Crippen molar-refractivity contribution in [3.8, 4) is 11.8 Å². The molecule has 0 spiro atoms. The molecule has 1 nitrogen and oxygen atoms in total. The fraction of sp³-hybridized carbons (Fsp3) is 0.0769. The molecular formula is C13H7Cl3OS. The highest BCUT2D eigenvalue weighted by molar-refractivity contribution is 7.10. The van der Waals surface area contributed by atoms with Crippen molar-refractivity contribution in [3.05, 3.63) is 55.2 Å². The van der Waals surface area contributed by atoms with Crippen LogP contribution >= 0.6 is 46.1 Å². The number of aliphatic hydroxyl groups is 1. The van der Waals surface area contributed by atoms with Gasteiger partial charge in [-0.3, -0.25) is 0 Å². The molecule has 5 heteroatoms. The quantitative estimate of drug-likeness (QED) is 0.750. The van der Waals surface area contributed by atoms with Gasteiger partial charge in [0.15, 0.2) is 0 Å². The van der Waals surface area contributed by atoms with E-state index < -0.39 is 6.10 Å². The van der Waals surface area contributed by atoms with Crippen LogP contribution in [0.15, 0.2) is 29.6 Å². The van der Waals surface area contributed by atoms with E-state index in [0.717, 1.165) is 4.88 Å². The second-order valence-electron chi connectivity index (χ2n) is 3.43. The molecule has 0 saturated carbocycles. The van der Waals surface area contributed by atoms with Gasteiger partial charge >= 0.3 is 0 Å². The van der Waals surface area contributed by atoms with Gasteiger partial charge in [-0.25, -0.2) is 0 Å². The summed E-state index contributed by atoms with van der Waals surface area (Å²) in [5.41, 5.74) is 0.381. The van der Waals surface area contributed by atoms with Crippen molar-refractivity contribution >= 4 is 46.1 Å². The first kappa shape index (κ1) is 13.7. The van der Waals surface area contributed by atoms with Crippen molar-refractivity contribution in [2.24, 2.45) is 0 Å². The summed E-state index contributed by atoms with van der Waals surface area (Å²) in [7, 11) is 0. The van der Waals surface area contributed by atoms with Crippen molar-refractivity contribution in [1.82, 2.24) is 0 Å². The second-order valence-corrected chi connectivity index (χ2v) is 5.63. The summed E-state index contributed by atoms with van der Waals surface area (Å²) in [6, 6.07) is 6.82. The Hall–Kier alpha value is -0.690. The van der Waals surface area contributed by atoms with E-state index in [4.69, 9.17) is 34.8 Å². The number of benzene rings is 1. The van der Waals surface area contributed by atoms with Crippen LogP contribution in [0.25, 0.3) is 0 Å². The summed E-state index contributed by atoms with van der Waals surface area (Å²) in [4.78, 5) is 0.871. The van der Waals surface area contributed by atoms with Gasteiger partial charge in [0.25, 0.3) is 0 Å². The van der Waals surface area contributed by atoms with Gasteiger partial charge < -0.3 is 5.11 Å². The van der Waals surface area contributed by atoms with Gasteiger partial charge in [0.05, 0.1) is 14.9 Å². The van der Waals surface area contributed by atoms with Gasteiger partial charge in [-0.1, -0.05) is 52.7 Å². The summed E-state index contributed by atoms with van der Waals surface area (Å²) in [5, 5.41) is 12.9. The first-order valence-corrected chi connectivity index (χ1v) is 6.97. The average molecular weight is 318 g/mol. The minimum Gasteiger partial charge on any atom is -0.376 e. The van der Waals surface area contributed by atoms with Gasteiger partial charge in [-0.05, 0) is 23.6 Å². The lowest BCUT2D eigenvalue weighted by Gasteiger charge is -2.09. The van der Waals surface area contributed by atoms with E-state index in [0.29, 0.717) is 20.6 Å². The molecule has 1 aromatic carbocycles. The van der Waals surface area contributed by atoms with E-state index >= 15 is 0 Å². The molecule has 1 N–H and O–H groups in total. The van der Waals surface area contributed by atoms with Crippen molar-refractivity contribution in [2.45, 2.75) is 6.10 Å². The lowest BCUT2D eigenvalue weighted by atomic mass is 10.1. The van der Waals surface area contributed by atoms with Crippen LogP contribution in [0.2, 0.25) is 15.1 Å². The lowest BCUT2D eigenvalue weighted by molar-refractivity contribution is 0.238. The smallest absolute Gasteiger partial charge is 0.143 e. The molecule has 0 aliphatic heterocycles. The molecular weight excluding hydrogens is 311 g/mol. The number of hydrogen-bond acceptors (Lipinski definition) is 2. The Bertz CT molecular complexity index is 588. The molecule has 0 aliphatic rings. The molecule has 0 amide bonds. The van der Waals surface area contributed by atoms with Gasteiger partial charge in [-0.15, -0.1) is 11.3 Å². The topological polar surface area (TPSA) is 20.2 Å². The van der Waals surface area contributed by atoms with E-state index in [2.05, 4.69) is 11.8 Å². The molecule has 92 valence electrons. The molecule has 0 saturated heterocycles. The third-order valence-electron chi connectivity index (χ3n) is 2.17. The van der Waals surface area contributed by atoms with Crippen molar-refractivity contribution in [3.63, 3.8) is 0 Å². The van der Waals surface area contributed by atoms with E-state index in [9.17, 15) is 5.11 Å². The highest BCUT2D eigenvalue weighted by Crippen LogP contribution is 2.33. The Morgan fingerprint density at radius 3 is 2.39 bits per heavy atom. The molecule has 0 bridgehead atoms. The van der Waals surface area contributed by atoms with Crippen LogP contribution in [-0.4, -0.2) is 5.11 Å². The van der Waals surface area contributed by atoms with Crippen LogP contribution in [0.3, 0.4) is 0 Å². The molecule has 1 unspecified atom stereocenters. The van der Waals surface area contributed by atoms with Crippen LogP contribution in [0.4, 0.5) is 0 Å². The standard InChI is InChI=1S/C13H7Cl3OS/c14-8-6-10(15)13(11(16)7-8)12(17)4-3-9-2-1-5-18-9/h1-2,5-7,12,17H. The first-order chi connectivity index (χ1) is 8.58. The summed E-state index contributed by atoms with van der Waals surface area (Å²) < 4.78 is 0. The van der Waals surface area contributed by atoms with Gasteiger partial charge in [0, 0.05) is 10.6 Å². The highest BCUT2D eigenvalue weighted by atomic mass is 35.5. The number of rotatable bonds is 1. The Balaban J connectivity index is 2.32. The fourth-order valence-corrected chi connectivity index (χ4v) is 2.98. The maximum Gasteiger partial charge on any atom is 0.143 e. The Morgan fingerprint density at radius 1 is 1.17 bits per heavy atom. The van der Waals surface area contributed by atoms with E-state index in [1.54, 1.807) is 0 Å². The van der Waals surface area contributed by atoms with Crippen LogP contribution in [-0.2, 0) is 0 Å². The van der Waals surface area contributed by atoms with Crippen LogP contribution in [0.5, 0.6) is 0 Å². The first-order valence-electron chi connectivity index (χ1n) is 4.95. The minimum atomic E-state index is -1.04. The summed E-state index contributed by atoms with van der Waals surface area (Å²) in [5.74, 6) is 5.57. The largest absolute Gasteiger partial charge is 0.376 e. The van der Waals surface area contributed by atoms with E-state index in [1.165, 1.54) is 23.5 Å².